The average molecular weight is 268 g/mol. The molecule has 0 aromatic carbocycles. The van der Waals surface area contributed by atoms with E-state index in [2.05, 4.69) is 5.10 Å². The summed E-state index contributed by atoms with van der Waals surface area (Å²) in [7, 11) is 1.69. The molecule has 1 heterocycles. The van der Waals surface area contributed by atoms with Gasteiger partial charge in [0, 0.05) is 13.6 Å². The first kappa shape index (κ1) is 13.5. The highest BCUT2D eigenvalue weighted by atomic mass is 16.6. The molecule has 0 unspecified atom stereocenters. The highest BCUT2D eigenvalue weighted by Crippen LogP contribution is 2.27. The van der Waals surface area contributed by atoms with E-state index >= 15 is 0 Å². The fourth-order valence-corrected chi connectivity index (χ4v) is 2.13. The van der Waals surface area contributed by atoms with E-state index in [4.69, 9.17) is 0 Å². The number of aromatic nitrogens is 2. The molecule has 19 heavy (non-hydrogen) atoms. The molecule has 2 rings (SSSR count). The average Bonchev–Trinajstić information content (AvgIpc) is 2.75. The van der Waals surface area contributed by atoms with Crippen LogP contribution in [0.15, 0.2) is 12.3 Å². The molecule has 0 bridgehead atoms. The van der Waals surface area contributed by atoms with Crippen molar-refractivity contribution in [1.29, 1.82) is 0 Å². The van der Waals surface area contributed by atoms with Crippen molar-refractivity contribution in [2.75, 3.05) is 13.6 Å². The highest BCUT2D eigenvalue weighted by molar-refractivity contribution is 5.75. The lowest BCUT2D eigenvalue weighted by Crippen LogP contribution is -2.40. The van der Waals surface area contributed by atoms with Gasteiger partial charge in [0.2, 0.25) is 5.91 Å². The molecular weight excluding hydrogens is 252 g/mol. The Bertz CT molecular complexity index is 481. The molecule has 1 aliphatic rings. The molecule has 1 N–H and O–H groups in total. The topological polar surface area (TPSA) is 102 Å². The monoisotopic (exact) mass is 268 g/mol. The number of carbonyl (C=O) groups is 1. The van der Waals surface area contributed by atoms with E-state index in [1.165, 1.54) is 16.9 Å². The summed E-state index contributed by atoms with van der Waals surface area (Å²) in [6, 6.07) is 1.26. The van der Waals surface area contributed by atoms with Crippen molar-refractivity contribution in [3.8, 4) is 0 Å². The van der Waals surface area contributed by atoms with Crippen LogP contribution in [-0.4, -0.2) is 50.3 Å². The second kappa shape index (κ2) is 5.35. The lowest BCUT2D eigenvalue weighted by atomic mass is 9.82. The first-order valence-electron chi connectivity index (χ1n) is 6.05. The van der Waals surface area contributed by atoms with Crippen molar-refractivity contribution < 1.29 is 14.8 Å². The van der Waals surface area contributed by atoms with Gasteiger partial charge in [0.05, 0.1) is 23.5 Å². The Hall–Kier alpha value is -1.96. The lowest BCUT2D eigenvalue weighted by Gasteiger charge is -2.34. The van der Waals surface area contributed by atoms with Gasteiger partial charge in [-0.3, -0.25) is 4.79 Å². The fraction of sp³-hybridized carbons (Fsp3) is 0.636. The predicted molar refractivity (Wildman–Crippen MR) is 65.2 cm³/mol. The number of hydrogen-bond donors (Lipinski definition) is 1. The standard InChI is InChI=1S/C11H16N4O4/c1-13(6-8-4-9(16)5-8)11(17)7-14-3-2-10(12-14)15(18)19/h2-3,8-9,16H,4-7H2,1H3. The number of nitro groups is 1. The predicted octanol–water partition coefficient (Wildman–Crippen LogP) is 0.0206. The van der Waals surface area contributed by atoms with Crippen molar-refractivity contribution >= 4 is 11.7 Å². The maximum Gasteiger partial charge on any atom is 0.389 e. The van der Waals surface area contributed by atoms with Crippen molar-refractivity contribution in [2.24, 2.45) is 5.92 Å². The number of aliphatic hydroxyl groups excluding tert-OH is 1. The summed E-state index contributed by atoms with van der Waals surface area (Å²) in [5.74, 6) is -0.0761. The van der Waals surface area contributed by atoms with Gasteiger partial charge in [-0.05, 0) is 23.7 Å². The van der Waals surface area contributed by atoms with Crippen LogP contribution in [0.4, 0.5) is 5.82 Å². The van der Waals surface area contributed by atoms with Gasteiger partial charge in [-0.25, -0.2) is 0 Å². The van der Waals surface area contributed by atoms with E-state index in [1.807, 2.05) is 0 Å². The van der Waals surface area contributed by atoms with E-state index in [0.29, 0.717) is 12.5 Å². The third kappa shape index (κ3) is 3.28. The van der Waals surface area contributed by atoms with Gasteiger partial charge in [0.15, 0.2) is 0 Å². The Balaban J connectivity index is 1.83. The van der Waals surface area contributed by atoms with Crippen molar-refractivity contribution in [2.45, 2.75) is 25.5 Å². The molecule has 0 spiro atoms. The van der Waals surface area contributed by atoms with Gasteiger partial charge in [-0.2, -0.15) is 4.68 Å². The largest absolute Gasteiger partial charge is 0.393 e. The molecule has 0 radical (unpaired) electrons. The molecule has 1 amide bonds. The van der Waals surface area contributed by atoms with Crippen LogP contribution in [0.3, 0.4) is 0 Å². The second-order valence-electron chi connectivity index (χ2n) is 4.89. The van der Waals surface area contributed by atoms with Crippen LogP contribution in [0.1, 0.15) is 12.8 Å². The van der Waals surface area contributed by atoms with Gasteiger partial charge in [0.25, 0.3) is 0 Å². The summed E-state index contributed by atoms with van der Waals surface area (Å²) in [6.45, 7) is 0.582. The summed E-state index contributed by atoms with van der Waals surface area (Å²) >= 11 is 0. The van der Waals surface area contributed by atoms with Crippen molar-refractivity contribution in [3.63, 3.8) is 0 Å². The zero-order chi connectivity index (χ0) is 14.0. The lowest BCUT2D eigenvalue weighted by molar-refractivity contribution is -0.389. The number of amides is 1. The SMILES string of the molecule is CN(CC1CC(O)C1)C(=O)Cn1ccc([N+](=O)[O-])n1. The Morgan fingerprint density at radius 1 is 1.68 bits per heavy atom. The Labute approximate surface area is 109 Å². The Kier molecular flexibility index (Phi) is 3.79. The van der Waals surface area contributed by atoms with Crippen LogP contribution in [0.25, 0.3) is 0 Å². The second-order valence-corrected chi connectivity index (χ2v) is 4.89. The van der Waals surface area contributed by atoms with Gasteiger partial charge >= 0.3 is 5.82 Å². The molecule has 104 valence electrons. The first-order valence-corrected chi connectivity index (χ1v) is 6.05. The maximum atomic E-state index is 11.9. The molecule has 1 aliphatic carbocycles. The van der Waals surface area contributed by atoms with Gasteiger partial charge < -0.3 is 20.1 Å². The summed E-state index contributed by atoms with van der Waals surface area (Å²) in [5.41, 5.74) is 0. The van der Waals surface area contributed by atoms with E-state index < -0.39 is 4.92 Å². The molecule has 1 aromatic rings. The molecule has 8 nitrogen and oxygen atoms in total. The Morgan fingerprint density at radius 2 is 2.37 bits per heavy atom. The van der Waals surface area contributed by atoms with Crippen LogP contribution in [-0.2, 0) is 11.3 Å². The van der Waals surface area contributed by atoms with Crippen molar-refractivity contribution in [1.82, 2.24) is 14.7 Å². The number of nitrogens with zero attached hydrogens (tertiary/aromatic N) is 4. The number of hydrogen-bond acceptors (Lipinski definition) is 5. The van der Waals surface area contributed by atoms with Gasteiger partial charge in [-0.1, -0.05) is 0 Å². The fourth-order valence-electron chi connectivity index (χ4n) is 2.13. The van der Waals surface area contributed by atoms with Gasteiger partial charge in [0.1, 0.15) is 6.54 Å². The molecule has 1 saturated carbocycles. The Morgan fingerprint density at radius 3 is 2.89 bits per heavy atom. The summed E-state index contributed by atoms with van der Waals surface area (Å²) in [4.78, 5) is 23.3. The highest BCUT2D eigenvalue weighted by Gasteiger charge is 2.29. The number of aliphatic hydroxyl groups is 1. The number of rotatable bonds is 5. The molecule has 1 fully saturated rings. The van der Waals surface area contributed by atoms with Crippen LogP contribution < -0.4 is 0 Å². The number of carbonyl (C=O) groups excluding carboxylic acids is 1. The van der Waals surface area contributed by atoms with E-state index in [0.717, 1.165) is 12.8 Å². The normalized spacial score (nSPS) is 21.8. The zero-order valence-electron chi connectivity index (χ0n) is 10.6. The summed E-state index contributed by atoms with van der Waals surface area (Å²) in [5, 5.41) is 23.3. The van der Waals surface area contributed by atoms with Crippen LogP contribution in [0, 0.1) is 16.0 Å². The number of likely N-dealkylation sites (N-methyl/N-ethyl adjacent to an activating group) is 1. The van der Waals surface area contributed by atoms with E-state index in [1.54, 1.807) is 11.9 Å². The van der Waals surface area contributed by atoms with E-state index in [-0.39, 0.29) is 24.4 Å². The van der Waals surface area contributed by atoms with Crippen molar-refractivity contribution in [3.05, 3.63) is 22.4 Å². The molecule has 0 saturated heterocycles. The maximum absolute atomic E-state index is 11.9. The molecule has 0 aliphatic heterocycles. The van der Waals surface area contributed by atoms with E-state index in [9.17, 15) is 20.0 Å². The molecule has 8 heteroatoms. The zero-order valence-corrected chi connectivity index (χ0v) is 10.6. The minimum Gasteiger partial charge on any atom is -0.393 e. The quantitative estimate of drug-likeness (QED) is 0.599. The van der Waals surface area contributed by atoms with Crippen LogP contribution in [0.5, 0.6) is 0 Å². The molecular formula is C11H16N4O4. The minimum absolute atomic E-state index is 0.0143. The van der Waals surface area contributed by atoms with Gasteiger partial charge in [-0.15, -0.1) is 0 Å². The third-order valence-electron chi connectivity index (χ3n) is 3.28. The molecule has 1 aromatic heterocycles. The van der Waals surface area contributed by atoms with Crippen LogP contribution in [0.2, 0.25) is 0 Å². The van der Waals surface area contributed by atoms with Crippen LogP contribution >= 0.6 is 0 Å². The summed E-state index contributed by atoms with van der Waals surface area (Å²) < 4.78 is 1.26. The first-order chi connectivity index (χ1) is 8.95. The minimum atomic E-state index is -0.597. The summed E-state index contributed by atoms with van der Waals surface area (Å²) in [6.07, 6.45) is 2.63. The third-order valence-corrected chi connectivity index (χ3v) is 3.28. The smallest absolute Gasteiger partial charge is 0.389 e. The molecule has 0 atom stereocenters.